The molecule has 30 heavy (non-hydrogen) atoms. The zero-order chi connectivity index (χ0) is 22.8. The van der Waals surface area contributed by atoms with Gasteiger partial charge >= 0.3 is 17.8 Å². The zero-order valence-corrected chi connectivity index (χ0v) is 15.4. The molecule has 0 amide bonds. The van der Waals surface area contributed by atoms with Crippen LogP contribution in [-0.2, 0) is 22.8 Å². The van der Waals surface area contributed by atoms with Crippen molar-refractivity contribution >= 4 is 17.3 Å². The molecule has 2 aromatic rings. The van der Waals surface area contributed by atoms with Crippen LogP contribution in [0.25, 0.3) is 11.1 Å². The summed E-state index contributed by atoms with van der Waals surface area (Å²) in [6.45, 7) is 0.949. The van der Waals surface area contributed by atoms with Crippen LogP contribution in [0.2, 0.25) is 0 Å². The minimum absolute atomic E-state index is 0.0195. The first-order chi connectivity index (χ1) is 13.9. The summed E-state index contributed by atoms with van der Waals surface area (Å²) in [7, 11) is 0.701. The number of esters is 1. The van der Waals surface area contributed by atoms with E-state index in [0.29, 0.717) is 19.2 Å². The van der Waals surface area contributed by atoms with E-state index in [-0.39, 0.29) is 11.2 Å². The number of nitrogens with one attached hydrogen (secondary N) is 2. The third-order valence-corrected chi connectivity index (χ3v) is 3.87. The van der Waals surface area contributed by atoms with E-state index in [4.69, 9.17) is 0 Å². The maximum Gasteiger partial charge on any atom is 0.432 e. The Kier molecular flexibility index (Phi) is 6.28. The van der Waals surface area contributed by atoms with E-state index in [1.165, 1.54) is 6.92 Å². The number of nitro groups is 1. The molecule has 0 unspecified atom stereocenters. The number of H-pyrrole nitrogens is 1. The van der Waals surface area contributed by atoms with Crippen molar-refractivity contribution in [3.63, 3.8) is 0 Å². The summed E-state index contributed by atoms with van der Waals surface area (Å²) in [6, 6.07) is 0.879. The minimum atomic E-state index is -5.25. The highest BCUT2D eigenvalue weighted by molar-refractivity contribution is 5.79. The summed E-state index contributed by atoms with van der Waals surface area (Å²) in [4.78, 5) is 46.9. The van der Waals surface area contributed by atoms with Gasteiger partial charge in [-0.1, -0.05) is 0 Å². The smallest absolute Gasteiger partial charge is 0.432 e. The molecule has 0 saturated carbocycles. The molecule has 1 heterocycles. The second-order valence-electron chi connectivity index (χ2n) is 5.80. The minimum Gasteiger partial charge on any atom is -0.465 e. The fourth-order valence-corrected chi connectivity index (χ4v) is 2.63. The first kappa shape index (κ1) is 22.6. The van der Waals surface area contributed by atoms with Gasteiger partial charge in [-0.3, -0.25) is 29.3 Å². The number of ether oxygens (including phenoxy) is 1. The van der Waals surface area contributed by atoms with Crippen LogP contribution < -0.4 is 16.6 Å². The predicted molar refractivity (Wildman–Crippen MR) is 94.5 cm³/mol. The van der Waals surface area contributed by atoms with Crippen LogP contribution in [-0.4, -0.2) is 33.6 Å². The Morgan fingerprint density at radius 3 is 2.50 bits per heavy atom. The molecule has 0 aliphatic rings. The van der Waals surface area contributed by atoms with Crippen LogP contribution in [0.15, 0.2) is 21.7 Å². The van der Waals surface area contributed by atoms with Crippen molar-refractivity contribution in [1.29, 1.82) is 0 Å². The molecule has 0 aliphatic heterocycles. The van der Waals surface area contributed by atoms with Gasteiger partial charge in [0, 0.05) is 24.7 Å². The van der Waals surface area contributed by atoms with E-state index in [9.17, 15) is 42.1 Å². The molecule has 0 radical (unpaired) electrons. The van der Waals surface area contributed by atoms with Gasteiger partial charge in [0.25, 0.3) is 11.2 Å². The van der Waals surface area contributed by atoms with E-state index in [1.54, 1.807) is 4.98 Å². The molecule has 2 rings (SSSR count). The topological polar surface area (TPSA) is 136 Å². The fourth-order valence-electron chi connectivity index (χ4n) is 2.63. The summed E-state index contributed by atoms with van der Waals surface area (Å²) in [6.07, 6.45) is -5.25. The standard InChI is InChI=1S/C16H14F4N4O6/c1-3-30-11(25)6-21-9-5-8(17)7(4-10(9)24(28)29)12-13(16(18,19)20)23(2)15(27)22-14(12)26/h4-5,21H,3,6H2,1-2H3,(H,22,26,27). The van der Waals surface area contributed by atoms with Gasteiger partial charge in [0.2, 0.25) is 0 Å². The molecular weight excluding hydrogens is 420 g/mol. The Balaban J connectivity index is 2.74. The third kappa shape index (κ3) is 4.47. The lowest BCUT2D eigenvalue weighted by atomic mass is 10.0. The number of carbonyl (C=O) groups is 1. The number of hydrogen-bond donors (Lipinski definition) is 2. The number of halogens is 4. The lowest BCUT2D eigenvalue weighted by molar-refractivity contribution is -0.383. The van der Waals surface area contributed by atoms with Crippen LogP contribution in [0.1, 0.15) is 12.6 Å². The number of rotatable bonds is 6. The van der Waals surface area contributed by atoms with E-state index >= 15 is 0 Å². The number of nitro benzene ring substituents is 1. The number of aromatic amines is 1. The molecule has 2 N–H and O–H groups in total. The molecular formula is C16H14F4N4O6. The third-order valence-electron chi connectivity index (χ3n) is 3.87. The maximum absolute atomic E-state index is 14.6. The molecule has 0 spiro atoms. The highest BCUT2D eigenvalue weighted by atomic mass is 19.4. The second kappa shape index (κ2) is 8.34. The number of carbonyl (C=O) groups excluding carboxylic acids is 1. The SMILES string of the molecule is CCOC(=O)CNc1cc(F)c(-c2c(C(F)(F)F)n(C)c(=O)[nH]c2=O)cc1[N+](=O)[O-]. The second-order valence-corrected chi connectivity index (χ2v) is 5.80. The first-order valence-corrected chi connectivity index (χ1v) is 8.16. The van der Waals surface area contributed by atoms with Crippen molar-refractivity contribution in [2.45, 2.75) is 13.1 Å². The van der Waals surface area contributed by atoms with Gasteiger partial charge in [0.1, 0.15) is 23.7 Å². The van der Waals surface area contributed by atoms with E-state index in [0.717, 1.165) is 0 Å². The van der Waals surface area contributed by atoms with Gasteiger partial charge in [-0.25, -0.2) is 9.18 Å². The number of benzene rings is 1. The molecule has 0 fully saturated rings. The maximum atomic E-state index is 14.6. The van der Waals surface area contributed by atoms with Crippen LogP contribution in [0.4, 0.5) is 28.9 Å². The molecule has 1 aromatic carbocycles. The summed E-state index contributed by atoms with van der Waals surface area (Å²) in [5.41, 5.74) is -8.54. The summed E-state index contributed by atoms with van der Waals surface area (Å²) in [5.74, 6) is -2.24. The zero-order valence-electron chi connectivity index (χ0n) is 15.4. The highest BCUT2D eigenvalue weighted by Gasteiger charge is 2.39. The lowest BCUT2D eigenvalue weighted by Gasteiger charge is -2.16. The predicted octanol–water partition coefficient (Wildman–Crippen LogP) is 1.78. The van der Waals surface area contributed by atoms with E-state index in [1.807, 2.05) is 0 Å². The van der Waals surface area contributed by atoms with Gasteiger partial charge in [0.05, 0.1) is 17.1 Å². The molecule has 14 heteroatoms. The Morgan fingerprint density at radius 2 is 1.97 bits per heavy atom. The van der Waals surface area contributed by atoms with Crippen molar-refractivity contribution in [1.82, 2.24) is 9.55 Å². The Bertz CT molecular complexity index is 1120. The molecule has 1 aromatic heterocycles. The summed E-state index contributed by atoms with van der Waals surface area (Å²) in [5, 5.41) is 13.6. The summed E-state index contributed by atoms with van der Waals surface area (Å²) < 4.78 is 59.7. The summed E-state index contributed by atoms with van der Waals surface area (Å²) >= 11 is 0. The van der Waals surface area contributed by atoms with Gasteiger partial charge in [-0.2, -0.15) is 13.2 Å². The Morgan fingerprint density at radius 1 is 1.33 bits per heavy atom. The fraction of sp³-hybridized carbons (Fsp3) is 0.312. The number of nitrogens with zero attached hydrogens (tertiary/aromatic N) is 2. The van der Waals surface area contributed by atoms with Crippen LogP contribution in [0.3, 0.4) is 0 Å². The van der Waals surface area contributed by atoms with Crippen molar-refractivity contribution in [2.75, 3.05) is 18.5 Å². The van der Waals surface area contributed by atoms with Gasteiger partial charge in [-0.05, 0) is 6.92 Å². The number of aromatic nitrogens is 2. The van der Waals surface area contributed by atoms with Crippen LogP contribution in [0.5, 0.6) is 0 Å². The first-order valence-electron chi connectivity index (χ1n) is 8.16. The molecule has 162 valence electrons. The largest absolute Gasteiger partial charge is 0.465 e. The molecule has 0 bridgehead atoms. The molecule has 0 saturated heterocycles. The molecule has 0 aliphatic carbocycles. The van der Waals surface area contributed by atoms with E-state index in [2.05, 4.69) is 10.1 Å². The number of hydrogen-bond acceptors (Lipinski definition) is 7. The van der Waals surface area contributed by atoms with Crippen molar-refractivity contribution in [3.05, 3.63) is 54.6 Å². The van der Waals surface area contributed by atoms with Crippen molar-refractivity contribution in [3.8, 4) is 11.1 Å². The Labute approximate surface area is 164 Å². The molecule has 0 atom stereocenters. The van der Waals surface area contributed by atoms with E-state index < -0.39 is 68.9 Å². The van der Waals surface area contributed by atoms with Gasteiger partial charge in [0.15, 0.2) is 0 Å². The Hall–Kier alpha value is -3.71. The monoisotopic (exact) mass is 434 g/mol. The molecule has 10 nitrogen and oxygen atoms in total. The van der Waals surface area contributed by atoms with Crippen LogP contribution in [0, 0.1) is 15.9 Å². The van der Waals surface area contributed by atoms with Crippen molar-refractivity contribution in [2.24, 2.45) is 7.05 Å². The van der Waals surface area contributed by atoms with Crippen LogP contribution >= 0.6 is 0 Å². The normalized spacial score (nSPS) is 11.3. The number of alkyl halides is 3. The van der Waals surface area contributed by atoms with Gasteiger partial charge < -0.3 is 10.1 Å². The lowest BCUT2D eigenvalue weighted by Crippen LogP contribution is -2.35. The average molecular weight is 434 g/mol. The van der Waals surface area contributed by atoms with Crippen molar-refractivity contribution < 1.29 is 32.0 Å². The van der Waals surface area contributed by atoms with Gasteiger partial charge in [-0.15, -0.1) is 0 Å². The average Bonchev–Trinajstić information content (AvgIpc) is 2.62. The highest BCUT2D eigenvalue weighted by Crippen LogP contribution is 2.38. The quantitative estimate of drug-likeness (QED) is 0.306. The number of anilines is 1.